The average molecular weight is 220 g/mol. The van der Waals surface area contributed by atoms with Crippen LogP contribution >= 0.6 is 0 Å². The van der Waals surface area contributed by atoms with E-state index < -0.39 is 11.2 Å². The zero-order chi connectivity index (χ0) is 11.9. The van der Waals surface area contributed by atoms with Gasteiger partial charge in [0.05, 0.1) is 17.0 Å². The molecule has 0 unspecified atom stereocenters. The van der Waals surface area contributed by atoms with Gasteiger partial charge >= 0.3 is 0 Å². The van der Waals surface area contributed by atoms with E-state index in [0.717, 1.165) is 4.73 Å². The molecule has 2 aliphatic heterocycles. The summed E-state index contributed by atoms with van der Waals surface area (Å²) in [6.45, 7) is 3.07. The average Bonchev–Trinajstić information content (AvgIpc) is 2.18. The first-order valence-corrected chi connectivity index (χ1v) is 4.84. The second kappa shape index (κ2) is 3.31. The molecule has 2 rings (SSSR count). The number of pyridine rings is 2. The summed E-state index contributed by atoms with van der Waals surface area (Å²) in [5.41, 5.74) is -0.787. The fourth-order valence-electron chi connectivity index (χ4n) is 1.48. The second-order valence-electron chi connectivity index (χ2n) is 4.16. The highest BCUT2D eigenvalue weighted by molar-refractivity contribution is 5.60. The Bertz CT molecular complexity index is 554. The molecule has 2 N–H and O–H groups in total. The minimum absolute atomic E-state index is 0.235. The zero-order valence-electron chi connectivity index (χ0n) is 9.01. The summed E-state index contributed by atoms with van der Waals surface area (Å²) in [4.78, 5) is 15.4. The van der Waals surface area contributed by atoms with Crippen LogP contribution < -0.4 is 5.56 Å². The van der Waals surface area contributed by atoms with E-state index >= 15 is 0 Å². The molecule has 16 heavy (non-hydrogen) atoms. The van der Waals surface area contributed by atoms with Crippen molar-refractivity contribution < 1.29 is 10.3 Å². The molecule has 0 aromatic heterocycles. The molecule has 0 aromatic carbocycles. The summed E-state index contributed by atoms with van der Waals surface area (Å²) < 4.78 is 0.841. The van der Waals surface area contributed by atoms with E-state index in [0.29, 0.717) is 11.3 Å². The first-order valence-electron chi connectivity index (χ1n) is 4.84. The van der Waals surface area contributed by atoms with Crippen LogP contribution in [0.4, 0.5) is 0 Å². The fourth-order valence-corrected chi connectivity index (χ4v) is 1.48. The molecule has 0 atom stereocenters. The third-order valence-electron chi connectivity index (χ3n) is 2.37. The van der Waals surface area contributed by atoms with E-state index in [4.69, 9.17) is 0 Å². The Morgan fingerprint density at radius 3 is 2.75 bits per heavy atom. The maximum absolute atomic E-state index is 11.7. The monoisotopic (exact) mass is 220 g/mol. The number of rotatable bonds is 1. The lowest BCUT2D eigenvalue weighted by Crippen LogP contribution is -2.24. The number of nitrogens with zero attached hydrogens (tertiary/aromatic N) is 2. The molecule has 0 aromatic rings. The highest BCUT2D eigenvalue weighted by Crippen LogP contribution is 2.22. The highest BCUT2D eigenvalue weighted by atomic mass is 16.5. The summed E-state index contributed by atoms with van der Waals surface area (Å²) >= 11 is 0. The number of aliphatic hydroxyl groups is 1. The van der Waals surface area contributed by atoms with Crippen molar-refractivity contribution in [1.29, 1.82) is 0 Å². The molecule has 0 bridgehead atoms. The molecule has 5 nitrogen and oxygen atoms in total. The Morgan fingerprint density at radius 2 is 2.12 bits per heavy atom. The third kappa shape index (κ3) is 1.65. The van der Waals surface area contributed by atoms with Crippen molar-refractivity contribution >= 4 is 0 Å². The normalized spacial score (nSPS) is 11.9. The van der Waals surface area contributed by atoms with Crippen LogP contribution in [0.2, 0.25) is 0 Å². The van der Waals surface area contributed by atoms with E-state index in [2.05, 4.69) is 4.98 Å². The standard InChI is InChI=1S/C11H12N2O3/c1-11(2,15)9-6-8-7(10(14)12-9)4-3-5-13(8)16/h3-6,15-16H,1-2H3. The first-order chi connectivity index (χ1) is 7.39. The SMILES string of the molecule is CC(C)(O)c1cc2n(O)cccc-2c(=O)n1. The van der Waals surface area contributed by atoms with Crippen molar-refractivity contribution in [2.45, 2.75) is 19.4 Å². The van der Waals surface area contributed by atoms with Gasteiger partial charge in [-0.25, -0.2) is 4.98 Å². The van der Waals surface area contributed by atoms with Crippen LogP contribution in [0.1, 0.15) is 19.5 Å². The van der Waals surface area contributed by atoms with E-state index in [1.807, 2.05) is 0 Å². The maximum atomic E-state index is 11.7. The van der Waals surface area contributed by atoms with Crippen LogP contribution in [0.5, 0.6) is 0 Å². The van der Waals surface area contributed by atoms with Gasteiger partial charge in [-0.05, 0) is 32.0 Å². The van der Waals surface area contributed by atoms with Crippen LogP contribution in [-0.2, 0) is 5.60 Å². The Labute approximate surface area is 91.9 Å². The number of fused-ring (bicyclic) bond motifs is 1. The molecule has 0 fully saturated rings. The Morgan fingerprint density at radius 1 is 1.44 bits per heavy atom. The van der Waals surface area contributed by atoms with Crippen molar-refractivity contribution in [3.05, 3.63) is 40.4 Å². The zero-order valence-corrected chi connectivity index (χ0v) is 9.01. The van der Waals surface area contributed by atoms with E-state index in [9.17, 15) is 15.1 Å². The van der Waals surface area contributed by atoms with E-state index in [1.54, 1.807) is 12.1 Å². The van der Waals surface area contributed by atoms with Crippen LogP contribution in [-0.4, -0.2) is 20.0 Å². The molecule has 2 aliphatic rings. The van der Waals surface area contributed by atoms with E-state index in [-0.39, 0.29) is 5.69 Å². The molecule has 84 valence electrons. The largest absolute Gasteiger partial charge is 0.428 e. The molecular formula is C11H12N2O3. The lowest BCUT2D eigenvalue weighted by molar-refractivity contribution is 0.0734. The summed E-state index contributed by atoms with van der Waals surface area (Å²) in [6, 6.07) is 4.62. The van der Waals surface area contributed by atoms with Gasteiger partial charge in [-0.2, -0.15) is 4.73 Å². The van der Waals surface area contributed by atoms with Gasteiger partial charge in [0.1, 0.15) is 5.60 Å². The van der Waals surface area contributed by atoms with Gasteiger partial charge in [-0.1, -0.05) is 0 Å². The molecule has 0 saturated heterocycles. The number of aromatic nitrogens is 2. The van der Waals surface area contributed by atoms with Crippen LogP contribution in [0, 0.1) is 0 Å². The van der Waals surface area contributed by atoms with Crippen molar-refractivity contribution in [2.75, 3.05) is 0 Å². The summed E-state index contributed by atoms with van der Waals surface area (Å²) in [6.07, 6.45) is 1.41. The first kappa shape index (κ1) is 10.6. The Kier molecular flexibility index (Phi) is 2.20. The molecule has 0 radical (unpaired) electrons. The number of hydrogen-bond donors (Lipinski definition) is 2. The predicted molar refractivity (Wildman–Crippen MR) is 57.5 cm³/mol. The van der Waals surface area contributed by atoms with Gasteiger partial charge in [0.2, 0.25) is 0 Å². The minimum Gasteiger partial charge on any atom is -0.428 e. The quantitative estimate of drug-likeness (QED) is 0.697. The molecule has 0 spiro atoms. The van der Waals surface area contributed by atoms with Crippen molar-refractivity contribution in [2.24, 2.45) is 0 Å². The number of hydrogen-bond acceptors (Lipinski definition) is 4. The van der Waals surface area contributed by atoms with Gasteiger partial charge in [0, 0.05) is 6.20 Å². The Hall–Kier alpha value is -1.88. The van der Waals surface area contributed by atoms with Gasteiger partial charge < -0.3 is 10.3 Å². The molecule has 0 amide bonds. The molecule has 5 heteroatoms. The van der Waals surface area contributed by atoms with Crippen molar-refractivity contribution in [3.63, 3.8) is 0 Å². The maximum Gasteiger partial charge on any atom is 0.279 e. The second-order valence-corrected chi connectivity index (χ2v) is 4.16. The fraction of sp³-hybridized carbons (Fsp3) is 0.273. The molecular weight excluding hydrogens is 208 g/mol. The predicted octanol–water partition coefficient (Wildman–Crippen LogP) is 0.813. The smallest absolute Gasteiger partial charge is 0.279 e. The lowest BCUT2D eigenvalue weighted by atomic mass is 10.0. The molecule has 0 aliphatic carbocycles. The van der Waals surface area contributed by atoms with E-state index in [1.165, 1.54) is 26.1 Å². The summed E-state index contributed by atoms with van der Waals surface area (Å²) in [5.74, 6) is 0. The lowest BCUT2D eigenvalue weighted by Gasteiger charge is -2.18. The molecule has 0 saturated carbocycles. The van der Waals surface area contributed by atoms with Gasteiger partial charge in [-0.3, -0.25) is 4.79 Å². The minimum atomic E-state index is -1.21. The van der Waals surface area contributed by atoms with Crippen LogP contribution in [0.15, 0.2) is 29.2 Å². The third-order valence-corrected chi connectivity index (χ3v) is 2.37. The Balaban J connectivity index is 2.81. The summed E-state index contributed by atoms with van der Waals surface area (Å²) in [5, 5.41) is 19.3. The molecule has 2 heterocycles. The van der Waals surface area contributed by atoms with Crippen LogP contribution in [0.3, 0.4) is 0 Å². The topological polar surface area (TPSA) is 75.3 Å². The van der Waals surface area contributed by atoms with Crippen molar-refractivity contribution in [3.8, 4) is 11.3 Å². The van der Waals surface area contributed by atoms with Gasteiger partial charge in [-0.15, -0.1) is 0 Å². The van der Waals surface area contributed by atoms with Crippen LogP contribution in [0.25, 0.3) is 11.3 Å². The van der Waals surface area contributed by atoms with Crippen molar-refractivity contribution in [1.82, 2.24) is 9.71 Å². The summed E-state index contributed by atoms with van der Waals surface area (Å²) in [7, 11) is 0. The highest BCUT2D eigenvalue weighted by Gasteiger charge is 2.22. The van der Waals surface area contributed by atoms with Gasteiger partial charge in [0.25, 0.3) is 5.56 Å². The van der Waals surface area contributed by atoms with Gasteiger partial charge in [0.15, 0.2) is 0 Å².